The molecule has 0 fully saturated rings. The molecule has 3 N–H and O–H groups in total. The largest absolute Gasteiger partial charge is 0.396 e. The Balaban J connectivity index is 4.19. The first-order valence-corrected chi connectivity index (χ1v) is 5.42. The van der Waals surface area contributed by atoms with Crippen LogP contribution in [0.5, 0.6) is 0 Å². The summed E-state index contributed by atoms with van der Waals surface area (Å²) in [6.07, 6.45) is 0.509. The number of carbonyl (C=O) groups is 2. The molecule has 0 aliphatic carbocycles. The second kappa shape index (κ2) is 6.48. The maximum Gasteiger partial charge on any atom is 0.239 e. The average Bonchev–Trinajstić information content (AvgIpc) is 2.12. The van der Waals surface area contributed by atoms with Gasteiger partial charge in [0.15, 0.2) is 0 Å². The fourth-order valence-corrected chi connectivity index (χ4v) is 1.30. The third-order valence-corrected chi connectivity index (χ3v) is 2.30. The molecule has 0 spiro atoms. The van der Waals surface area contributed by atoms with E-state index in [-0.39, 0.29) is 36.4 Å². The van der Waals surface area contributed by atoms with Crippen LogP contribution in [0.25, 0.3) is 0 Å². The molecule has 0 aromatic carbocycles. The molecule has 2 amide bonds. The summed E-state index contributed by atoms with van der Waals surface area (Å²) in [5, 5.41) is 14.1. The Kier molecular flexibility index (Phi) is 6.03. The van der Waals surface area contributed by atoms with Crippen molar-refractivity contribution in [2.45, 2.75) is 40.2 Å². The number of hydrogen-bond acceptors (Lipinski definition) is 3. The summed E-state index contributed by atoms with van der Waals surface area (Å²) >= 11 is 0. The van der Waals surface area contributed by atoms with E-state index in [1.807, 2.05) is 20.8 Å². The zero-order valence-electron chi connectivity index (χ0n) is 10.5. The van der Waals surface area contributed by atoms with Gasteiger partial charge in [0.05, 0.1) is 6.54 Å². The van der Waals surface area contributed by atoms with Crippen molar-refractivity contribution in [1.82, 2.24) is 10.6 Å². The van der Waals surface area contributed by atoms with Gasteiger partial charge in [-0.3, -0.25) is 9.59 Å². The quantitative estimate of drug-likeness (QED) is 0.624. The fourth-order valence-electron chi connectivity index (χ4n) is 1.30. The summed E-state index contributed by atoms with van der Waals surface area (Å²) in [5.74, 6) is -0.465. The van der Waals surface area contributed by atoms with Gasteiger partial charge < -0.3 is 15.7 Å². The highest BCUT2D eigenvalue weighted by molar-refractivity contribution is 5.83. The van der Waals surface area contributed by atoms with Gasteiger partial charge in [0.2, 0.25) is 11.8 Å². The van der Waals surface area contributed by atoms with Gasteiger partial charge in [-0.15, -0.1) is 0 Å². The van der Waals surface area contributed by atoms with Crippen molar-refractivity contribution in [3.63, 3.8) is 0 Å². The van der Waals surface area contributed by atoms with Gasteiger partial charge >= 0.3 is 0 Å². The summed E-state index contributed by atoms with van der Waals surface area (Å²) in [6, 6.07) is -0.0984. The molecule has 0 saturated carbocycles. The molecule has 1 unspecified atom stereocenters. The van der Waals surface area contributed by atoms with Crippen molar-refractivity contribution in [2.24, 2.45) is 5.41 Å². The molecule has 16 heavy (non-hydrogen) atoms. The molecule has 5 heteroatoms. The van der Waals surface area contributed by atoms with Crippen molar-refractivity contribution < 1.29 is 14.7 Å². The summed E-state index contributed by atoms with van der Waals surface area (Å²) in [6.45, 7) is 7.35. The molecule has 0 aliphatic rings. The number of amides is 2. The van der Waals surface area contributed by atoms with Crippen LogP contribution in [0, 0.1) is 5.41 Å². The van der Waals surface area contributed by atoms with Crippen molar-refractivity contribution in [1.29, 1.82) is 0 Å². The lowest BCUT2D eigenvalue weighted by molar-refractivity contribution is -0.126. The van der Waals surface area contributed by atoms with E-state index in [1.54, 1.807) is 0 Å². The van der Waals surface area contributed by atoms with Gasteiger partial charge in [0.25, 0.3) is 0 Å². The van der Waals surface area contributed by atoms with Gasteiger partial charge in [-0.05, 0) is 11.8 Å². The van der Waals surface area contributed by atoms with Gasteiger partial charge in [0, 0.05) is 19.6 Å². The highest BCUT2D eigenvalue weighted by Crippen LogP contribution is 2.21. The van der Waals surface area contributed by atoms with Gasteiger partial charge in [-0.1, -0.05) is 20.8 Å². The van der Waals surface area contributed by atoms with Crippen LogP contribution in [0.1, 0.15) is 34.1 Å². The van der Waals surface area contributed by atoms with Crippen LogP contribution in [0.15, 0.2) is 0 Å². The second-order valence-electron chi connectivity index (χ2n) is 4.91. The van der Waals surface area contributed by atoms with Gasteiger partial charge in [0.1, 0.15) is 0 Å². The first-order valence-electron chi connectivity index (χ1n) is 5.42. The molecule has 0 radical (unpaired) electrons. The van der Waals surface area contributed by atoms with E-state index in [0.29, 0.717) is 6.42 Å². The van der Waals surface area contributed by atoms with E-state index in [2.05, 4.69) is 10.6 Å². The van der Waals surface area contributed by atoms with Gasteiger partial charge in [-0.2, -0.15) is 0 Å². The van der Waals surface area contributed by atoms with Crippen LogP contribution in [-0.4, -0.2) is 36.1 Å². The lowest BCUT2D eigenvalue weighted by atomic mass is 9.85. The minimum atomic E-state index is -0.233. The van der Waals surface area contributed by atoms with Crippen molar-refractivity contribution >= 4 is 11.8 Å². The average molecular weight is 230 g/mol. The summed E-state index contributed by atoms with van der Waals surface area (Å²) < 4.78 is 0. The normalized spacial score (nSPS) is 13.1. The van der Waals surface area contributed by atoms with E-state index < -0.39 is 0 Å². The Bertz CT molecular complexity index is 246. The molecule has 0 heterocycles. The standard InChI is InChI=1S/C11H22N2O3/c1-8(15)12-7-10(16)13-9(5-6-14)11(2,3)4/h9,14H,5-7H2,1-4H3,(H,12,15)(H,13,16). The lowest BCUT2D eigenvalue weighted by Gasteiger charge is -2.31. The molecular weight excluding hydrogens is 208 g/mol. The molecule has 0 aromatic heterocycles. The van der Waals surface area contributed by atoms with E-state index in [0.717, 1.165) is 0 Å². The highest BCUT2D eigenvalue weighted by atomic mass is 16.3. The second-order valence-corrected chi connectivity index (χ2v) is 4.91. The topological polar surface area (TPSA) is 78.4 Å². The van der Waals surface area contributed by atoms with E-state index in [9.17, 15) is 9.59 Å². The molecule has 94 valence electrons. The SMILES string of the molecule is CC(=O)NCC(=O)NC(CCO)C(C)(C)C. The molecular formula is C11H22N2O3. The number of hydrogen-bond donors (Lipinski definition) is 3. The minimum Gasteiger partial charge on any atom is -0.396 e. The number of aliphatic hydroxyl groups excluding tert-OH is 1. The predicted molar refractivity (Wildman–Crippen MR) is 61.8 cm³/mol. The van der Waals surface area contributed by atoms with Crippen LogP contribution in [0.3, 0.4) is 0 Å². The van der Waals surface area contributed by atoms with Crippen LogP contribution >= 0.6 is 0 Å². The Hall–Kier alpha value is -1.10. The third kappa shape index (κ3) is 6.40. The predicted octanol–water partition coefficient (Wildman–Crippen LogP) is 0.0358. The van der Waals surface area contributed by atoms with E-state index >= 15 is 0 Å². The molecule has 0 rings (SSSR count). The number of aliphatic hydroxyl groups is 1. The Morgan fingerprint density at radius 3 is 2.25 bits per heavy atom. The van der Waals surface area contributed by atoms with E-state index in [4.69, 9.17) is 5.11 Å². The summed E-state index contributed by atoms with van der Waals surface area (Å²) in [5.41, 5.74) is -0.116. The molecule has 0 aromatic rings. The van der Waals surface area contributed by atoms with Crippen molar-refractivity contribution in [3.05, 3.63) is 0 Å². The fraction of sp³-hybridized carbons (Fsp3) is 0.818. The van der Waals surface area contributed by atoms with Gasteiger partial charge in [-0.25, -0.2) is 0 Å². The van der Waals surface area contributed by atoms with Crippen LogP contribution in [0.4, 0.5) is 0 Å². The number of nitrogens with one attached hydrogen (secondary N) is 2. The Morgan fingerprint density at radius 1 is 1.31 bits per heavy atom. The van der Waals surface area contributed by atoms with Crippen LogP contribution < -0.4 is 10.6 Å². The lowest BCUT2D eigenvalue weighted by Crippen LogP contribution is -2.47. The molecule has 0 bridgehead atoms. The monoisotopic (exact) mass is 230 g/mol. The number of rotatable bonds is 5. The minimum absolute atomic E-state index is 0.0205. The smallest absolute Gasteiger partial charge is 0.239 e. The van der Waals surface area contributed by atoms with Crippen molar-refractivity contribution in [3.8, 4) is 0 Å². The first-order chi connectivity index (χ1) is 7.27. The third-order valence-electron chi connectivity index (χ3n) is 2.30. The molecule has 1 atom stereocenters. The zero-order chi connectivity index (χ0) is 12.8. The van der Waals surface area contributed by atoms with E-state index in [1.165, 1.54) is 6.92 Å². The summed E-state index contributed by atoms with van der Waals surface area (Å²) in [4.78, 5) is 22.1. The summed E-state index contributed by atoms with van der Waals surface area (Å²) in [7, 11) is 0. The number of carbonyl (C=O) groups excluding carboxylic acids is 2. The molecule has 0 saturated heterocycles. The van der Waals surface area contributed by atoms with Crippen LogP contribution in [0.2, 0.25) is 0 Å². The molecule has 0 aliphatic heterocycles. The highest BCUT2D eigenvalue weighted by Gasteiger charge is 2.25. The Morgan fingerprint density at radius 2 is 1.88 bits per heavy atom. The Labute approximate surface area is 96.6 Å². The maximum absolute atomic E-state index is 11.5. The van der Waals surface area contributed by atoms with Crippen LogP contribution in [-0.2, 0) is 9.59 Å². The molecule has 5 nitrogen and oxygen atoms in total. The van der Waals surface area contributed by atoms with Crippen molar-refractivity contribution in [2.75, 3.05) is 13.2 Å². The maximum atomic E-state index is 11.5. The first kappa shape index (κ1) is 14.9. The zero-order valence-corrected chi connectivity index (χ0v) is 10.5.